The van der Waals surface area contributed by atoms with Gasteiger partial charge in [-0.2, -0.15) is 0 Å². The minimum Gasteiger partial charge on any atom is -0.493 e. The van der Waals surface area contributed by atoms with Gasteiger partial charge in [-0.25, -0.2) is 4.79 Å². The van der Waals surface area contributed by atoms with Crippen molar-refractivity contribution in [3.05, 3.63) is 23.8 Å². The third kappa shape index (κ3) is 2.94. The quantitative estimate of drug-likeness (QED) is 0.915. The molecule has 0 aromatic heterocycles. The highest BCUT2D eigenvalue weighted by atomic mass is 16.5. The van der Waals surface area contributed by atoms with Crippen LogP contribution in [-0.4, -0.2) is 48.7 Å². The number of ether oxygens (including phenoxy) is 2. The maximum absolute atomic E-state index is 12.7. The molecule has 0 bridgehead atoms. The van der Waals surface area contributed by atoms with Gasteiger partial charge in [0, 0.05) is 6.54 Å². The summed E-state index contributed by atoms with van der Waals surface area (Å²) in [5.74, 6) is -0.519. The van der Waals surface area contributed by atoms with E-state index in [1.807, 2.05) is 0 Å². The third-order valence-electron chi connectivity index (χ3n) is 3.68. The lowest BCUT2D eigenvalue weighted by atomic mass is 10.0. The van der Waals surface area contributed by atoms with Crippen LogP contribution in [0.25, 0.3) is 0 Å². The van der Waals surface area contributed by atoms with E-state index < -0.39 is 12.0 Å². The van der Waals surface area contributed by atoms with Gasteiger partial charge < -0.3 is 19.5 Å². The lowest BCUT2D eigenvalue weighted by molar-refractivity contribution is -0.143. The number of methoxy groups -OCH3 is 2. The molecule has 0 aliphatic carbocycles. The number of carbonyl (C=O) groups is 2. The summed E-state index contributed by atoms with van der Waals surface area (Å²) in [6.07, 6.45) is 2.10. The van der Waals surface area contributed by atoms with Crippen LogP contribution in [0.15, 0.2) is 18.2 Å². The second kappa shape index (κ2) is 6.47. The maximum atomic E-state index is 12.7. The Hall–Kier alpha value is -2.24. The topological polar surface area (TPSA) is 76.1 Å². The van der Waals surface area contributed by atoms with E-state index in [1.54, 1.807) is 18.2 Å². The highest BCUT2D eigenvalue weighted by molar-refractivity contribution is 5.99. The van der Waals surface area contributed by atoms with E-state index in [2.05, 4.69) is 0 Å². The number of nitrogens with zero attached hydrogens (tertiary/aromatic N) is 1. The molecule has 114 valence electrons. The summed E-state index contributed by atoms with van der Waals surface area (Å²) in [5, 5.41) is 9.28. The van der Waals surface area contributed by atoms with Crippen LogP contribution in [0.5, 0.6) is 11.5 Å². The second-order valence-corrected chi connectivity index (χ2v) is 4.89. The first-order valence-electron chi connectivity index (χ1n) is 6.85. The molecule has 1 aromatic rings. The van der Waals surface area contributed by atoms with Gasteiger partial charge in [0.15, 0.2) is 11.5 Å². The van der Waals surface area contributed by atoms with Crippen LogP contribution in [0.4, 0.5) is 0 Å². The van der Waals surface area contributed by atoms with Gasteiger partial charge in [-0.1, -0.05) is 6.07 Å². The highest BCUT2D eigenvalue weighted by Crippen LogP contribution is 2.32. The molecule has 1 N–H and O–H groups in total. The molecule has 2 rings (SSSR count). The summed E-state index contributed by atoms with van der Waals surface area (Å²) in [5.41, 5.74) is 0.324. The standard InChI is InChI=1S/C15H19NO5/c1-20-12-8-5-6-10(13(12)21-2)14(17)16-9-4-3-7-11(16)15(18)19/h5-6,8,11H,3-4,7,9H2,1-2H3,(H,18,19)/t11-/m1/s1. The molecule has 1 atom stereocenters. The molecule has 0 saturated carbocycles. The van der Waals surface area contributed by atoms with Gasteiger partial charge in [-0.05, 0) is 31.4 Å². The van der Waals surface area contributed by atoms with Gasteiger partial charge in [0.05, 0.1) is 19.8 Å². The predicted molar refractivity (Wildman–Crippen MR) is 75.9 cm³/mol. The van der Waals surface area contributed by atoms with E-state index in [9.17, 15) is 14.7 Å². The Morgan fingerprint density at radius 2 is 2.00 bits per heavy atom. The fourth-order valence-corrected chi connectivity index (χ4v) is 2.64. The Kier molecular flexibility index (Phi) is 4.67. The van der Waals surface area contributed by atoms with Crippen LogP contribution >= 0.6 is 0 Å². The molecular weight excluding hydrogens is 274 g/mol. The van der Waals surface area contributed by atoms with Gasteiger partial charge in [0.25, 0.3) is 5.91 Å². The van der Waals surface area contributed by atoms with E-state index in [-0.39, 0.29) is 5.91 Å². The first kappa shape index (κ1) is 15.2. The van der Waals surface area contributed by atoms with E-state index in [0.717, 1.165) is 12.8 Å². The normalized spacial score (nSPS) is 18.2. The van der Waals surface area contributed by atoms with Crippen LogP contribution in [0.2, 0.25) is 0 Å². The molecule has 1 fully saturated rings. The average molecular weight is 293 g/mol. The lowest BCUT2D eigenvalue weighted by Gasteiger charge is -2.33. The van der Waals surface area contributed by atoms with Crippen molar-refractivity contribution < 1.29 is 24.2 Å². The minimum absolute atomic E-state index is 0.324. The van der Waals surface area contributed by atoms with Crippen molar-refractivity contribution in [2.75, 3.05) is 20.8 Å². The fraction of sp³-hybridized carbons (Fsp3) is 0.467. The molecule has 0 unspecified atom stereocenters. The van der Waals surface area contributed by atoms with E-state index in [4.69, 9.17) is 9.47 Å². The molecule has 1 aliphatic heterocycles. The van der Waals surface area contributed by atoms with Crippen LogP contribution in [0.3, 0.4) is 0 Å². The Labute approximate surface area is 123 Å². The summed E-state index contributed by atoms with van der Waals surface area (Å²) in [6, 6.07) is 4.23. The summed E-state index contributed by atoms with van der Waals surface area (Å²) in [4.78, 5) is 25.4. The molecule has 6 nitrogen and oxygen atoms in total. The number of carboxylic acid groups (broad SMARTS) is 1. The summed E-state index contributed by atoms with van der Waals surface area (Å²) < 4.78 is 10.4. The molecule has 1 amide bonds. The molecule has 0 radical (unpaired) electrons. The number of benzene rings is 1. The Balaban J connectivity index is 2.36. The van der Waals surface area contributed by atoms with E-state index in [1.165, 1.54) is 19.1 Å². The number of hydrogen-bond donors (Lipinski definition) is 1. The lowest BCUT2D eigenvalue weighted by Crippen LogP contribution is -2.48. The summed E-state index contributed by atoms with van der Waals surface area (Å²) in [6.45, 7) is 0.441. The van der Waals surface area contributed by atoms with Crippen LogP contribution in [0, 0.1) is 0 Å². The number of carbonyl (C=O) groups excluding carboxylic acids is 1. The van der Waals surface area contributed by atoms with Crippen molar-refractivity contribution in [2.24, 2.45) is 0 Å². The van der Waals surface area contributed by atoms with Gasteiger partial charge in [0.2, 0.25) is 0 Å². The number of likely N-dealkylation sites (tertiary alicyclic amines) is 1. The molecular formula is C15H19NO5. The molecule has 21 heavy (non-hydrogen) atoms. The number of piperidine rings is 1. The van der Waals surface area contributed by atoms with Crippen molar-refractivity contribution >= 4 is 11.9 Å². The van der Waals surface area contributed by atoms with Gasteiger partial charge in [0.1, 0.15) is 6.04 Å². The molecule has 1 heterocycles. The smallest absolute Gasteiger partial charge is 0.326 e. The van der Waals surface area contributed by atoms with Crippen molar-refractivity contribution in [2.45, 2.75) is 25.3 Å². The Morgan fingerprint density at radius 1 is 1.24 bits per heavy atom. The van der Waals surface area contributed by atoms with E-state index in [0.29, 0.717) is 30.0 Å². The number of rotatable bonds is 4. The van der Waals surface area contributed by atoms with Crippen LogP contribution in [-0.2, 0) is 4.79 Å². The van der Waals surface area contributed by atoms with Gasteiger partial charge in [-0.15, -0.1) is 0 Å². The van der Waals surface area contributed by atoms with Gasteiger partial charge >= 0.3 is 5.97 Å². The number of hydrogen-bond acceptors (Lipinski definition) is 4. The number of para-hydroxylation sites is 1. The largest absolute Gasteiger partial charge is 0.493 e. The average Bonchev–Trinajstić information content (AvgIpc) is 2.53. The van der Waals surface area contributed by atoms with Crippen molar-refractivity contribution in [3.8, 4) is 11.5 Å². The molecule has 1 aliphatic rings. The maximum Gasteiger partial charge on any atom is 0.326 e. The predicted octanol–water partition coefficient (Wildman–Crippen LogP) is 1.78. The third-order valence-corrected chi connectivity index (χ3v) is 3.68. The fourth-order valence-electron chi connectivity index (χ4n) is 2.64. The van der Waals surface area contributed by atoms with Crippen molar-refractivity contribution in [1.82, 2.24) is 4.90 Å². The summed E-state index contributed by atoms with van der Waals surface area (Å²) >= 11 is 0. The summed E-state index contributed by atoms with van der Waals surface area (Å²) in [7, 11) is 2.95. The highest BCUT2D eigenvalue weighted by Gasteiger charge is 2.34. The van der Waals surface area contributed by atoms with Crippen molar-refractivity contribution in [1.29, 1.82) is 0 Å². The zero-order chi connectivity index (χ0) is 15.4. The molecule has 0 spiro atoms. The monoisotopic (exact) mass is 293 g/mol. The van der Waals surface area contributed by atoms with E-state index >= 15 is 0 Å². The Morgan fingerprint density at radius 3 is 2.62 bits per heavy atom. The molecule has 1 saturated heterocycles. The first-order chi connectivity index (χ1) is 10.1. The number of amides is 1. The zero-order valence-corrected chi connectivity index (χ0v) is 12.2. The SMILES string of the molecule is COc1cccc(C(=O)N2CCCC[C@@H]2C(=O)O)c1OC. The second-order valence-electron chi connectivity index (χ2n) is 4.89. The van der Waals surface area contributed by atoms with Crippen LogP contribution in [0.1, 0.15) is 29.6 Å². The Bertz CT molecular complexity index is 543. The number of aliphatic carboxylic acids is 1. The van der Waals surface area contributed by atoms with Gasteiger partial charge in [-0.3, -0.25) is 4.79 Å². The zero-order valence-electron chi connectivity index (χ0n) is 12.2. The minimum atomic E-state index is -0.968. The number of carboxylic acids is 1. The molecule has 6 heteroatoms. The van der Waals surface area contributed by atoms with Crippen LogP contribution < -0.4 is 9.47 Å². The first-order valence-corrected chi connectivity index (χ1v) is 6.85. The molecule has 1 aromatic carbocycles. The van der Waals surface area contributed by atoms with Crippen molar-refractivity contribution in [3.63, 3.8) is 0 Å².